The van der Waals surface area contributed by atoms with Gasteiger partial charge < -0.3 is 9.80 Å². The molecule has 1 saturated heterocycles. The van der Waals surface area contributed by atoms with Crippen LogP contribution in [0.4, 0.5) is 4.39 Å². The van der Waals surface area contributed by atoms with E-state index in [9.17, 15) is 22.4 Å². The smallest absolute Gasteiger partial charge is 0.269 e. The summed E-state index contributed by atoms with van der Waals surface area (Å²) in [7, 11) is -2.33. The van der Waals surface area contributed by atoms with Gasteiger partial charge in [-0.2, -0.15) is 0 Å². The van der Waals surface area contributed by atoms with Crippen LogP contribution in [0, 0.1) is 11.7 Å². The third-order valence-corrected chi connectivity index (χ3v) is 9.12. The molecule has 12 heteroatoms. The number of halogens is 2. The lowest BCUT2D eigenvalue weighted by molar-refractivity contribution is -0.143. The Labute approximate surface area is 239 Å². The Hall–Kier alpha value is -3.28. The number of pyridine rings is 1. The Morgan fingerprint density at radius 3 is 2.62 bits per heavy atom. The standard InChI is InChI=1S/C28H33ClFN5O4S/c1-19(2)33(3)28(37)21-10-12-34(27(36)15-29)26(14-21)32-16-20-13-25(23-8-4-5-9-24(23)30)35(18-20)40(38,39)22-7-6-11-31-17-22/h4-9,11,13,17-19,21,26,32H,10,12,14-16H2,1-3H3. The lowest BCUT2D eigenvalue weighted by atomic mass is 9.92. The van der Waals surface area contributed by atoms with Gasteiger partial charge in [-0.3, -0.25) is 19.9 Å². The van der Waals surface area contributed by atoms with Gasteiger partial charge in [-0.05, 0) is 62.6 Å². The molecular weight excluding hydrogens is 557 g/mol. The normalized spacial score (nSPS) is 17.7. The summed E-state index contributed by atoms with van der Waals surface area (Å²) < 4.78 is 43.0. The molecule has 3 aromatic rings. The zero-order valence-electron chi connectivity index (χ0n) is 22.6. The minimum Gasteiger partial charge on any atom is -0.343 e. The number of hydrogen-bond acceptors (Lipinski definition) is 6. The van der Waals surface area contributed by atoms with Crippen molar-refractivity contribution >= 4 is 33.4 Å². The number of aromatic nitrogens is 2. The Balaban J connectivity index is 1.65. The molecule has 1 aliphatic rings. The summed E-state index contributed by atoms with van der Waals surface area (Å²) in [5.41, 5.74) is 0.833. The molecule has 1 aliphatic heterocycles. The Bertz CT molecular complexity index is 1460. The number of hydrogen-bond donors (Lipinski definition) is 1. The van der Waals surface area contributed by atoms with Gasteiger partial charge in [-0.15, -0.1) is 11.6 Å². The van der Waals surface area contributed by atoms with E-state index in [-0.39, 0.29) is 52.4 Å². The quantitative estimate of drug-likeness (QED) is 0.382. The van der Waals surface area contributed by atoms with Crippen molar-refractivity contribution in [3.8, 4) is 11.3 Å². The van der Waals surface area contributed by atoms with Crippen molar-refractivity contribution in [2.45, 2.75) is 50.3 Å². The molecule has 40 heavy (non-hydrogen) atoms. The van der Waals surface area contributed by atoms with Gasteiger partial charge in [-0.25, -0.2) is 16.8 Å². The maximum Gasteiger partial charge on any atom is 0.269 e. The summed E-state index contributed by atoms with van der Waals surface area (Å²) in [6, 6.07) is 10.5. The molecule has 0 aliphatic carbocycles. The molecular formula is C28H33ClFN5O4S. The molecule has 2 atom stereocenters. The van der Waals surface area contributed by atoms with Crippen molar-refractivity contribution in [3.63, 3.8) is 0 Å². The van der Waals surface area contributed by atoms with E-state index >= 15 is 0 Å². The van der Waals surface area contributed by atoms with E-state index in [4.69, 9.17) is 11.6 Å². The molecule has 2 amide bonds. The fourth-order valence-corrected chi connectivity index (χ4v) is 6.32. The Morgan fingerprint density at radius 2 is 1.98 bits per heavy atom. The molecule has 9 nitrogen and oxygen atoms in total. The van der Waals surface area contributed by atoms with Crippen LogP contribution in [0.1, 0.15) is 32.3 Å². The fourth-order valence-electron chi connectivity index (χ4n) is 4.81. The highest BCUT2D eigenvalue weighted by molar-refractivity contribution is 7.90. The fraction of sp³-hybridized carbons (Fsp3) is 0.393. The highest BCUT2D eigenvalue weighted by Gasteiger charge is 2.36. The van der Waals surface area contributed by atoms with E-state index in [0.717, 1.165) is 3.97 Å². The van der Waals surface area contributed by atoms with Crippen molar-refractivity contribution in [2.75, 3.05) is 19.5 Å². The highest BCUT2D eigenvalue weighted by Crippen LogP contribution is 2.30. The van der Waals surface area contributed by atoms with Gasteiger partial charge in [0.2, 0.25) is 11.8 Å². The van der Waals surface area contributed by atoms with E-state index < -0.39 is 22.0 Å². The largest absolute Gasteiger partial charge is 0.343 e. The average Bonchev–Trinajstić information content (AvgIpc) is 3.40. The van der Waals surface area contributed by atoms with Crippen LogP contribution in [-0.2, 0) is 26.2 Å². The second-order valence-electron chi connectivity index (χ2n) is 10.1. The number of piperidine rings is 1. The zero-order chi connectivity index (χ0) is 29.0. The van der Waals surface area contributed by atoms with E-state index in [2.05, 4.69) is 10.3 Å². The van der Waals surface area contributed by atoms with Gasteiger partial charge in [0.1, 0.15) is 16.6 Å². The maximum atomic E-state index is 14.8. The van der Waals surface area contributed by atoms with Gasteiger partial charge in [0, 0.05) is 56.3 Å². The topological polar surface area (TPSA) is 105 Å². The Morgan fingerprint density at radius 1 is 1.23 bits per heavy atom. The summed E-state index contributed by atoms with van der Waals surface area (Å²) >= 11 is 5.87. The van der Waals surface area contributed by atoms with Gasteiger partial charge in [0.25, 0.3) is 10.0 Å². The lowest BCUT2D eigenvalue weighted by Gasteiger charge is -2.40. The molecule has 214 valence electrons. The number of likely N-dealkylation sites (tertiary alicyclic amines) is 1. The van der Waals surface area contributed by atoms with E-state index in [1.54, 1.807) is 29.0 Å². The molecule has 1 fully saturated rings. The molecule has 0 radical (unpaired) electrons. The predicted molar refractivity (Wildman–Crippen MR) is 150 cm³/mol. The summed E-state index contributed by atoms with van der Waals surface area (Å²) in [5.74, 6) is -1.29. The second-order valence-corrected chi connectivity index (χ2v) is 12.2. The van der Waals surface area contributed by atoms with Gasteiger partial charge >= 0.3 is 0 Å². The highest BCUT2D eigenvalue weighted by atomic mass is 35.5. The molecule has 2 unspecified atom stereocenters. The molecule has 0 bridgehead atoms. The van der Waals surface area contributed by atoms with Crippen LogP contribution in [0.3, 0.4) is 0 Å². The number of benzene rings is 1. The first-order valence-corrected chi connectivity index (χ1v) is 15.0. The van der Waals surface area contributed by atoms with Gasteiger partial charge in [0.05, 0.1) is 11.9 Å². The predicted octanol–water partition coefficient (Wildman–Crippen LogP) is 3.69. The van der Waals surface area contributed by atoms with Crippen molar-refractivity contribution in [1.29, 1.82) is 0 Å². The van der Waals surface area contributed by atoms with Crippen LogP contribution in [0.2, 0.25) is 0 Å². The van der Waals surface area contributed by atoms with E-state index in [1.807, 2.05) is 13.8 Å². The number of alkyl halides is 1. The van der Waals surface area contributed by atoms with Crippen LogP contribution in [0.15, 0.2) is 66.0 Å². The second kappa shape index (κ2) is 12.5. The minimum absolute atomic E-state index is 0.00956. The first-order valence-electron chi connectivity index (χ1n) is 13.0. The van der Waals surface area contributed by atoms with Crippen molar-refractivity contribution in [1.82, 2.24) is 24.1 Å². The summed E-state index contributed by atoms with van der Waals surface area (Å²) in [6.07, 6.45) is 4.55. The van der Waals surface area contributed by atoms with Gasteiger partial charge in [-0.1, -0.05) is 12.1 Å². The van der Waals surface area contributed by atoms with E-state index in [1.165, 1.54) is 48.9 Å². The molecule has 0 spiro atoms. The number of carbonyl (C=O) groups excluding carboxylic acids is 2. The third kappa shape index (κ3) is 6.21. The summed E-state index contributed by atoms with van der Waals surface area (Å²) in [4.78, 5) is 32.8. The first kappa shape index (κ1) is 29.7. The molecule has 0 saturated carbocycles. The SMILES string of the molecule is CC(C)N(C)C(=O)C1CCN(C(=O)CCl)C(NCc2cc(-c3ccccc3F)n(S(=O)(=O)c3cccnc3)c2)C1. The van der Waals surface area contributed by atoms with Crippen LogP contribution in [0.25, 0.3) is 11.3 Å². The molecule has 1 N–H and O–H groups in total. The van der Waals surface area contributed by atoms with Crippen LogP contribution in [0.5, 0.6) is 0 Å². The van der Waals surface area contributed by atoms with Crippen molar-refractivity contribution in [2.24, 2.45) is 5.92 Å². The molecule has 4 rings (SSSR count). The third-order valence-electron chi connectivity index (χ3n) is 7.23. The zero-order valence-corrected chi connectivity index (χ0v) is 24.2. The summed E-state index contributed by atoms with van der Waals surface area (Å²) in [6.45, 7) is 4.41. The molecule has 1 aromatic carbocycles. The van der Waals surface area contributed by atoms with Crippen LogP contribution >= 0.6 is 11.6 Å². The maximum absolute atomic E-state index is 14.8. The lowest BCUT2D eigenvalue weighted by Crippen LogP contribution is -2.55. The van der Waals surface area contributed by atoms with E-state index in [0.29, 0.717) is 24.9 Å². The number of rotatable bonds is 9. The number of nitrogens with zero attached hydrogens (tertiary/aromatic N) is 4. The van der Waals surface area contributed by atoms with Crippen molar-refractivity contribution < 1.29 is 22.4 Å². The molecule has 2 aromatic heterocycles. The van der Waals surface area contributed by atoms with Crippen molar-refractivity contribution in [3.05, 3.63) is 72.4 Å². The monoisotopic (exact) mass is 589 g/mol. The number of nitrogens with one attached hydrogen (secondary N) is 1. The summed E-state index contributed by atoms with van der Waals surface area (Å²) in [5, 5.41) is 3.32. The van der Waals surface area contributed by atoms with Crippen LogP contribution < -0.4 is 5.32 Å². The molecule has 3 heterocycles. The van der Waals surface area contributed by atoms with Crippen LogP contribution in [-0.4, -0.2) is 70.7 Å². The number of carbonyl (C=O) groups is 2. The average molecular weight is 590 g/mol. The minimum atomic E-state index is -4.10. The van der Waals surface area contributed by atoms with Gasteiger partial charge in [0.15, 0.2) is 0 Å². The number of amides is 2. The first-order chi connectivity index (χ1) is 19.0. The Kier molecular flexibility index (Phi) is 9.27.